The van der Waals surface area contributed by atoms with Crippen molar-refractivity contribution in [3.63, 3.8) is 0 Å². The van der Waals surface area contributed by atoms with Crippen molar-refractivity contribution in [1.82, 2.24) is 29.3 Å². The molecular weight excluding hydrogens is 396 g/mol. The van der Waals surface area contributed by atoms with Crippen molar-refractivity contribution in [3.8, 4) is 17.1 Å². The maximum absolute atomic E-state index is 14.4. The number of nitrogens with zero attached hydrogens (tertiary/aromatic N) is 6. The number of tetrazole rings is 1. The van der Waals surface area contributed by atoms with Crippen LogP contribution in [-0.2, 0) is 20.3 Å². The highest BCUT2D eigenvalue weighted by atomic mass is 35.5. The molecule has 0 saturated heterocycles. The average Bonchev–Trinajstić information content (AvgIpc) is 2.98. The van der Waals surface area contributed by atoms with Crippen molar-refractivity contribution in [3.05, 3.63) is 55.6 Å². The van der Waals surface area contributed by atoms with Crippen LogP contribution in [0.1, 0.15) is 5.69 Å². The summed E-state index contributed by atoms with van der Waals surface area (Å²) in [6.07, 6.45) is -4.93. The minimum atomic E-state index is -4.93. The molecule has 8 nitrogen and oxygen atoms in total. The molecule has 13 heteroatoms. The van der Waals surface area contributed by atoms with Crippen LogP contribution in [0.15, 0.2) is 27.8 Å². The zero-order chi connectivity index (χ0) is 20.1. The molecule has 0 unspecified atom stereocenters. The average molecular weight is 405 g/mol. The van der Waals surface area contributed by atoms with E-state index in [2.05, 4.69) is 15.4 Å². The van der Waals surface area contributed by atoms with Crippen molar-refractivity contribution >= 4 is 11.6 Å². The number of hydrogen-bond donors (Lipinski definition) is 0. The first-order chi connectivity index (χ1) is 12.5. The van der Waals surface area contributed by atoms with Gasteiger partial charge in [-0.05, 0) is 17.3 Å². The number of rotatable bonds is 2. The second kappa shape index (κ2) is 6.30. The number of benzene rings is 1. The number of halogens is 5. The van der Waals surface area contributed by atoms with E-state index in [1.807, 2.05) is 0 Å². The third-order valence-corrected chi connectivity index (χ3v) is 3.95. The van der Waals surface area contributed by atoms with Crippen molar-refractivity contribution < 1.29 is 17.6 Å². The second-order valence-corrected chi connectivity index (χ2v) is 5.84. The Balaban J connectivity index is 2.31. The zero-order valence-electron chi connectivity index (χ0n) is 13.6. The van der Waals surface area contributed by atoms with Gasteiger partial charge in [0.2, 0.25) is 5.82 Å². The first-order valence-electron chi connectivity index (χ1n) is 7.14. The molecule has 0 aliphatic rings. The lowest BCUT2D eigenvalue weighted by Crippen LogP contribution is -2.41. The van der Waals surface area contributed by atoms with E-state index < -0.39 is 34.6 Å². The molecule has 0 aliphatic carbocycles. The quantitative estimate of drug-likeness (QED) is 0.605. The van der Waals surface area contributed by atoms with E-state index in [1.165, 1.54) is 7.05 Å². The molecular formula is C14H9ClF4N6O2. The van der Waals surface area contributed by atoms with Gasteiger partial charge >= 0.3 is 11.9 Å². The van der Waals surface area contributed by atoms with Crippen molar-refractivity contribution in [1.29, 1.82) is 0 Å². The Morgan fingerprint density at radius 1 is 1.11 bits per heavy atom. The summed E-state index contributed by atoms with van der Waals surface area (Å²) in [7, 11) is 2.28. The summed E-state index contributed by atoms with van der Waals surface area (Å²) in [4.78, 5) is 25.6. The summed E-state index contributed by atoms with van der Waals surface area (Å²) in [5.74, 6) is -1.12. The third-order valence-electron chi connectivity index (χ3n) is 3.64. The van der Waals surface area contributed by atoms with Crippen LogP contribution < -0.4 is 11.2 Å². The summed E-state index contributed by atoms with van der Waals surface area (Å²) in [5.41, 5.74) is -4.76. The molecule has 0 N–H and O–H groups in total. The lowest BCUT2D eigenvalue weighted by atomic mass is 10.1. The Bertz CT molecular complexity index is 1160. The summed E-state index contributed by atoms with van der Waals surface area (Å²) < 4.78 is 53.7. The summed E-state index contributed by atoms with van der Waals surface area (Å²) in [6, 6.07) is 1.99. The van der Waals surface area contributed by atoms with E-state index in [4.69, 9.17) is 11.6 Å². The Morgan fingerprint density at radius 2 is 1.78 bits per heavy atom. The Hall–Kier alpha value is -3.02. The fraction of sp³-hybridized carbons (Fsp3) is 0.214. The fourth-order valence-corrected chi connectivity index (χ4v) is 2.63. The number of hydrogen-bond acceptors (Lipinski definition) is 5. The van der Waals surface area contributed by atoms with Crippen molar-refractivity contribution in [2.45, 2.75) is 6.18 Å². The lowest BCUT2D eigenvalue weighted by Gasteiger charge is -2.14. The van der Waals surface area contributed by atoms with Gasteiger partial charge in [-0.25, -0.2) is 13.8 Å². The molecule has 0 aliphatic heterocycles. The number of alkyl halides is 3. The smallest absolute Gasteiger partial charge is 0.292 e. The van der Waals surface area contributed by atoms with E-state index in [-0.39, 0.29) is 31.6 Å². The van der Waals surface area contributed by atoms with Crippen LogP contribution in [0.3, 0.4) is 0 Å². The largest absolute Gasteiger partial charge is 0.431 e. The number of aromatic nitrogens is 6. The minimum Gasteiger partial charge on any atom is -0.292 e. The molecule has 0 fully saturated rings. The maximum atomic E-state index is 14.4. The van der Waals surface area contributed by atoms with E-state index in [0.29, 0.717) is 0 Å². The first-order valence-corrected chi connectivity index (χ1v) is 7.52. The van der Waals surface area contributed by atoms with Crippen LogP contribution in [0.5, 0.6) is 0 Å². The maximum Gasteiger partial charge on any atom is 0.431 e. The lowest BCUT2D eigenvalue weighted by molar-refractivity contribution is -0.144. The van der Waals surface area contributed by atoms with Crippen molar-refractivity contribution in [2.75, 3.05) is 0 Å². The summed E-state index contributed by atoms with van der Waals surface area (Å²) >= 11 is 5.95. The molecule has 0 atom stereocenters. The second-order valence-electron chi connectivity index (χ2n) is 5.43. The SMILES string of the molecule is Cn1nnc(-c2cc(-n3c(=O)cc(C(F)(F)F)n(C)c3=O)c(F)cc2Cl)n1. The molecule has 3 rings (SSSR count). The Kier molecular flexibility index (Phi) is 4.38. The van der Waals surface area contributed by atoms with Crippen LogP contribution in [0.4, 0.5) is 17.6 Å². The predicted octanol–water partition coefficient (Wildman–Crippen LogP) is 1.54. The highest BCUT2D eigenvalue weighted by Crippen LogP contribution is 2.30. The van der Waals surface area contributed by atoms with Crippen LogP contribution in [0.2, 0.25) is 5.02 Å². The molecule has 142 valence electrons. The van der Waals surface area contributed by atoms with Gasteiger partial charge in [-0.1, -0.05) is 11.6 Å². The Morgan fingerprint density at radius 3 is 2.33 bits per heavy atom. The van der Waals surface area contributed by atoms with Crippen molar-refractivity contribution in [2.24, 2.45) is 14.1 Å². The van der Waals surface area contributed by atoms with Gasteiger partial charge < -0.3 is 0 Å². The molecule has 27 heavy (non-hydrogen) atoms. The molecule has 2 heterocycles. The topological polar surface area (TPSA) is 87.6 Å². The van der Waals surface area contributed by atoms with Crippen LogP contribution in [0.25, 0.3) is 17.1 Å². The van der Waals surface area contributed by atoms with E-state index >= 15 is 0 Å². The predicted molar refractivity (Wildman–Crippen MR) is 85.0 cm³/mol. The van der Waals surface area contributed by atoms with Gasteiger partial charge in [0.25, 0.3) is 5.56 Å². The Labute approximate surface area is 152 Å². The van der Waals surface area contributed by atoms with Gasteiger partial charge in [-0.2, -0.15) is 18.0 Å². The molecule has 0 amide bonds. The van der Waals surface area contributed by atoms with Crippen LogP contribution >= 0.6 is 11.6 Å². The highest BCUT2D eigenvalue weighted by molar-refractivity contribution is 6.33. The normalized spacial score (nSPS) is 11.8. The van der Waals surface area contributed by atoms with Crippen LogP contribution in [-0.4, -0.2) is 29.3 Å². The van der Waals surface area contributed by atoms with Gasteiger partial charge in [-0.15, -0.1) is 10.2 Å². The highest BCUT2D eigenvalue weighted by Gasteiger charge is 2.35. The van der Waals surface area contributed by atoms with Crippen LogP contribution in [0, 0.1) is 5.82 Å². The standard InChI is InChI=1S/C14H9ClF4N6O2/c1-23-10(14(17,18)19)5-11(26)25(13(23)27)9-3-6(7(15)4-8(9)16)12-20-22-24(2)21-12/h3-5H,1-2H3. The molecule has 0 bridgehead atoms. The molecule has 0 saturated carbocycles. The van der Waals surface area contributed by atoms with Gasteiger partial charge in [0.15, 0.2) is 0 Å². The van der Waals surface area contributed by atoms with Gasteiger partial charge in [0.1, 0.15) is 11.5 Å². The minimum absolute atomic E-state index is 0.0273. The summed E-state index contributed by atoms with van der Waals surface area (Å²) in [5, 5.41) is 11.0. The molecule has 0 spiro atoms. The first kappa shape index (κ1) is 18.8. The molecule has 3 aromatic rings. The third kappa shape index (κ3) is 3.23. The van der Waals surface area contributed by atoms with Gasteiger partial charge in [-0.3, -0.25) is 9.36 Å². The monoisotopic (exact) mass is 404 g/mol. The van der Waals surface area contributed by atoms with E-state index in [1.54, 1.807) is 0 Å². The number of aryl methyl sites for hydroxylation is 1. The zero-order valence-corrected chi connectivity index (χ0v) is 14.4. The summed E-state index contributed by atoms with van der Waals surface area (Å²) in [6.45, 7) is 0. The fourth-order valence-electron chi connectivity index (χ4n) is 2.39. The van der Waals surface area contributed by atoms with Gasteiger partial charge in [0.05, 0.1) is 17.8 Å². The molecule has 1 aromatic carbocycles. The molecule has 2 aromatic heterocycles. The van der Waals surface area contributed by atoms with Gasteiger partial charge in [0, 0.05) is 18.7 Å². The van der Waals surface area contributed by atoms with E-state index in [0.717, 1.165) is 24.0 Å². The molecule has 0 radical (unpaired) electrons. The van der Waals surface area contributed by atoms with E-state index in [9.17, 15) is 27.2 Å².